The first-order chi connectivity index (χ1) is 13.9. The van der Waals surface area contributed by atoms with Crippen molar-refractivity contribution in [2.24, 2.45) is 7.05 Å². The van der Waals surface area contributed by atoms with Crippen molar-refractivity contribution in [3.63, 3.8) is 0 Å². The molecule has 1 fully saturated rings. The summed E-state index contributed by atoms with van der Waals surface area (Å²) in [5, 5.41) is 9.95. The van der Waals surface area contributed by atoms with Crippen molar-refractivity contribution in [2.75, 3.05) is 0 Å². The molecule has 1 saturated carbocycles. The van der Waals surface area contributed by atoms with E-state index in [1.807, 2.05) is 41.3 Å². The van der Waals surface area contributed by atoms with E-state index in [1.54, 1.807) is 18.5 Å². The van der Waals surface area contributed by atoms with Gasteiger partial charge in [-0.05, 0) is 54.2 Å². The van der Waals surface area contributed by atoms with E-state index in [9.17, 15) is 14.7 Å². The van der Waals surface area contributed by atoms with Gasteiger partial charge in [-0.1, -0.05) is 30.3 Å². The maximum absolute atomic E-state index is 12.5. The third-order valence-electron chi connectivity index (χ3n) is 6.12. The average molecular weight is 389 g/mol. The van der Waals surface area contributed by atoms with Crippen LogP contribution in [0.15, 0.2) is 47.3 Å². The molecule has 5 rings (SSSR count). The summed E-state index contributed by atoms with van der Waals surface area (Å²) >= 11 is 0. The fourth-order valence-corrected chi connectivity index (χ4v) is 4.15. The van der Waals surface area contributed by atoms with Crippen molar-refractivity contribution in [3.8, 4) is 17.0 Å². The highest BCUT2D eigenvalue weighted by Crippen LogP contribution is 2.36. The first-order valence-electron chi connectivity index (χ1n) is 9.92. The molecule has 2 aromatic carbocycles. The van der Waals surface area contributed by atoms with E-state index in [0.717, 1.165) is 40.7 Å². The molecule has 1 aromatic heterocycles. The second kappa shape index (κ2) is 6.37. The van der Waals surface area contributed by atoms with Crippen LogP contribution in [0.2, 0.25) is 0 Å². The maximum atomic E-state index is 12.5. The molecular weight excluding hydrogens is 366 g/mol. The fraction of sp³-hybridized carbons (Fsp3) is 0.304. The molecule has 0 atom stereocenters. The van der Waals surface area contributed by atoms with Gasteiger partial charge in [-0.2, -0.15) is 0 Å². The number of imidazole rings is 1. The van der Waals surface area contributed by atoms with Crippen molar-refractivity contribution < 1.29 is 9.90 Å². The predicted molar refractivity (Wildman–Crippen MR) is 110 cm³/mol. The molecule has 3 aromatic rings. The highest BCUT2D eigenvalue weighted by Gasteiger charge is 2.38. The van der Waals surface area contributed by atoms with Gasteiger partial charge in [-0.25, -0.2) is 4.79 Å². The Bertz CT molecular complexity index is 1180. The van der Waals surface area contributed by atoms with Gasteiger partial charge in [0.25, 0.3) is 5.91 Å². The number of nitrogens with zero attached hydrogens (tertiary/aromatic N) is 3. The Hall–Kier alpha value is -3.28. The number of aromatic hydroxyl groups is 1. The van der Waals surface area contributed by atoms with Gasteiger partial charge >= 0.3 is 5.69 Å². The van der Waals surface area contributed by atoms with Crippen LogP contribution in [0.4, 0.5) is 0 Å². The quantitative estimate of drug-likeness (QED) is 0.746. The summed E-state index contributed by atoms with van der Waals surface area (Å²) in [4.78, 5) is 26.7. The van der Waals surface area contributed by atoms with Crippen LogP contribution >= 0.6 is 0 Å². The molecule has 1 amide bonds. The van der Waals surface area contributed by atoms with E-state index in [-0.39, 0.29) is 17.5 Å². The zero-order valence-corrected chi connectivity index (χ0v) is 16.6. The first kappa shape index (κ1) is 17.8. The minimum atomic E-state index is -0.229. The van der Waals surface area contributed by atoms with Crippen LogP contribution in [0.3, 0.4) is 0 Å². The van der Waals surface area contributed by atoms with Gasteiger partial charge in [0.15, 0.2) is 0 Å². The minimum Gasteiger partial charge on any atom is -0.493 e. The van der Waals surface area contributed by atoms with Crippen molar-refractivity contribution in [1.82, 2.24) is 14.0 Å². The molecule has 0 radical (unpaired) electrons. The van der Waals surface area contributed by atoms with Crippen LogP contribution < -0.4 is 5.69 Å². The van der Waals surface area contributed by atoms with Gasteiger partial charge < -0.3 is 10.0 Å². The molecular formula is C23H23N3O3. The number of aromatic nitrogens is 2. The summed E-state index contributed by atoms with van der Waals surface area (Å²) in [6.07, 6.45) is 2.24. The molecule has 2 heterocycles. The monoisotopic (exact) mass is 389 g/mol. The zero-order valence-electron chi connectivity index (χ0n) is 16.6. The maximum Gasteiger partial charge on any atom is 0.331 e. The van der Waals surface area contributed by atoms with Crippen molar-refractivity contribution >= 4 is 5.91 Å². The molecule has 1 aliphatic heterocycles. The topological polar surface area (TPSA) is 67.5 Å². The number of fused-ring (bicyclic) bond motifs is 1. The van der Waals surface area contributed by atoms with Gasteiger partial charge in [0, 0.05) is 25.2 Å². The number of hydrogen-bond acceptors (Lipinski definition) is 3. The normalized spacial score (nSPS) is 15.8. The van der Waals surface area contributed by atoms with Crippen LogP contribution in [0.1, 0.15) is 40.0 Å². The number of benzene rings is 2. The van der Waals surface area contributed by atoms with E-state index in [2.05, 4.69) is 6.07 Å². The number of carbonyl (C=O) groups excluding carboxylic acids is 1. The molecule has 1 aliphatic carbocycles. The molecule has 0 bridgehead atoms. The largest absolute Gasteiger partial charge is 0.493 e. The van der Waals surface area contributed by atoms with E-state index in [0.29, 0.717) is 24.8 Å². The number of rotatable bonds is 4. The average Bonchev–Trinajstić information content (AvgIpc) is 3.50. The molecule has 6 heteroatoms. The molecule has 0 saturated heterocycles. The van der Waals surface area contributed by atoms with Crippen molar-refractivity contribution in [1.29, 1.82) is 0 Å². The molecule has 0 unspecified atom stereocenters. The Labute approximate surface area is 168 Å². The standard InChI is InChI=1S/C23H23N3O3/c1-14-21(27)24(2)23(29)25(14)12-15-3-5-16(6-4-15)17-7-10-20-18(11-17)13-26(22(20)28)19-8-9-19/h3-7,10-11,19,27H,8-9,12-13H2,1-2H3. The number of amides is 1. The third kappa shape index (κ3) is 2.87. The van der Waals surface area contributed by atoms with E-state index in [4.69, 9.17) is 0 Å². The summed E-state index contributed by atoms with van der Waals surface area (Å²) in [6.45, 7) is 2.86. The first-order valence-corrected chi connectivity index (χ1v) is 9.92. The summed E-state index contributed by atoms with van der Waals surface area (Å²) in [7, 11) is 1.56. The fourth-order valence-electron chi connectivity index (χ4n) is 4.15. The zero-order chi connectivity index (χ0) is 20.3. The highest BCUT2D eigenvalue weighted by molar-refractivity contribution is 5.99. The Morgan fingerprint density at radius 1 is 1.03 bits per heavy atom. The summed E-state index contributed by atoms with van der Waals surface area (Å²) in [6, 6.07) is 14.6. The lowest BCUT2D eigenvalue weighted by Crippen LogP contribution is -2.25. The van der Waals surface area contributed by atoms with Gasteiger partial charge in [-0.3, -0.25) is 13.9 Å². The molecule has 0 spiro atoms. The summed E-state index contributed by atoms with van der Waals surface area (Å²) in [5.41, 5.74) is 5.42. The summed E-state index contributed by atoms with van der Waals surface area (Å²) in [5.74, 6) is 0.163. The molecule has 148 valence electrons. The predicted octanol–water partition coefficient (Wildman–Crippen LogP) is 3.03. The van der Waals surface area contributed by atoms with Crippen molar-refractivity contribution in [3.05, 3.63) is 75.3 Å². The number of carbonyl (C=O) groups is 1. The minimum absolute atomic E-state index is 0.000417. The van der Waals surface area contributed by atoms with Gasteiger partial charge in [-0.15, -0.1) is 0 Å². The van der Waals surface area contributed by atoms with E-state index < -0.39 is 0 Å². The van der Waals surface area contributed by atoms with Crippen LogP contribution in [-0.4, -0.2) is 31.1 Å². The smallest absolute Gasteiger partial charge is 0.331 e. The lowest BCUT2D eigenvalue weighted by molar-refractivity contribution is 0.0766. The molecule has 29 heavy (non-hydrogen) atoms. The Morgan fingerprint density at radius 3 is 2.34 bits per heavy atom. The second-order valence-corrected chi connectivity index (χ2v) is 8.07. The molecule has 6 nitrogen and oxygen atoms in total. The van der Waals surface area contributed by atoms with Crippen LogP contribution in [0, 0.1) is 6.92 Å². The van der Waals surface area contributed by atoms with Gasteiger partial charge in [0.2, 0.25) is 5.88 Å². The van der Waals surface area contributed by atoms with Crippen LogP contribution in [-0.2, 0) is 20.1 Å². The third-order valence-corrected chi connectivity index (χ3v) is 6.12. The van der Waals surface area contributed by atoms with Crippen LogP contribution in [0.25, 0.3) is 11.1 Å². The lowest BCUT2D eigenvalue weighted by atomic mass is 9.99. The van der Waals surface area contributed by atoms with E-state index in [1.165, 1.54) is 4.57 Å². The number of hydrogen-bond donors (Lipinski definition) is 1. The Balaban J connectivity index is 1.39. The molecule has 1 N–H and O–H groups in total. The van der Waals surface area contributed by atoms with Gasteiger partial charge in [0.1, 0.15) is 0 Å². The van der Waals surface area contributed by atoms with E-state index >= 15 is 0 Å². The Kier molecular flexibility index (Phi) is 3.91. The van der Waals surface area contributed by atoms with Gasteiger partial charge in [0.05, 0.1) is 12.2 Å². The second-order valence-electron chi connectivity index (χ2n) is 8.07. The lowest BCUT2D eigenvalue weighted by Gasteiger charge is -2.13. The Morgan fingerprint density at radius 2 is 1.72 bits per heavy atom. The SMILES string of the molecule is Cc1c(O)n(C)c(=O)n1Cc1ccc(-c2ccc3c(c2)CN(C2CC2)C3=O)cc1. The highest BCUT2D eigenvalue weighted by atomic mass is 16.3. The van der Waals surface area contributed by atoms with Crippen LogP contribution in [0.5, 0.6) is 5.88 Å². The molecule has 2 aliphatic rings. The van der Waals surface area contributed by atoms with Crippen molar-refractivity contribution in [2.45, 2.75) is 38.9 Å². The summed E-state index contributed by atoms with van der Waals surface area (Å²) < 4.78 is 2.82.